The summed E-state index contributed by atoms with van der Waals surface area (Å²) in [5, 5.41) is 11.4. The number of ether oxygens (including phenoxy) is 1. The maximum absolute atomic E-state index is 12.8. The van der Waals surface area contributed by atoms with Crippen molar-refractivity contribution in [1.29, 1.82) is 0 Å². The minimum Gasteiger partial charge on any atom is -0.420 e. The topological polar surface area (TPSA) is 59.4 Å². The van der Waals surface area contributed by atoms with Crippen molar-refractivity contribution in [2.75, 3.05) is 0 Å². The van der Waals surface area contributed by atoms with E-state index in [1.54, 1.807) is 30.3 Å². The fourth-order valence-electron chi connectivity index (χ4n) is 3.23. The Morgan fingerprint density at radius 1 is 0.885 bits per heavy atom. The lowest BCUT2D eigenvalue weighted by atomic mass is 9.90. The highest BCUT2D eigenvalue weighted by Gasteiger charge is 2.49. The quantitative estimate of drug-likeness (QED) is 0.737. The van der Waals surface area contributed by atoms with E-state index in [9.17, 15) is 9.90 Å². The average molecular weight is 343 g/mol. The van der Waals surface area contributed by atoms with Gasteiger partial charge in [-0.1, -0.05) is 66.7 Å². The zero-order valence-corrected chi connectivity index (χ0v) is 14.2. The van der Waals surface area contributed by atoms with E-state index in [-0.39, 0.29) is 0 Å². The van der Waals surface area contributed by atoms with Crippen molar-refractivity contribution in [2.24, 2.45) is 0 Å². The van der Waals surface area contributed by atoms with E-state index in [1.165, 1.54) is 0 Å². The zero-order valence-electron chi connectivity index (χ0n) is 14.2. The van der Waals surface area contributed by atoms with Crippen molar-refractivity contribution in [2.45, 2.75) is 12.7 Å². The molecule has 0 bridgehead atoms. The molecule has 0 spiro atoms. The fourth-order valence-corrected chi connectivity index (χ4v) is 3.23. The van der Waals surface area contributed by atoms with Gasteiger partial charge in [0.15, 0.2) is 0 Å². The van der Waals surface area contributed by atoms with Crippen molar-refractivity contribution < 1.29 is 14.6 Å². The number of nitrogens with zero attached hydrogens (tertiary/aromatic N) is 1. The molecule has 4 nitrogen and oxygen atoms in total. The van der Waals surface area contributed by atoms with Crippen LogP contribution in [0, 0.1) is 6.92 Å². The molecule has 0 aliphatic carbocycles. The van der Waals surface area contributed by atoms with E-state index < -0.39 is 11.8 Å². The van der Waals surface area contributed by atoms with E-state index in [2.05, 4.69) is 4.98 Å². The molecule has 0 radical (unpaired) electrons. The van der Waals surface area contributed by atoms with Crippen LogP contribution in [0.4, 0.5) is 0 Å². The van der Waals surface area contributed by atoms with Crippen molar-refractivity contribution in [3.63, 3.8) is 0 Å². The van der Waals surface area contributed by atoms with Gasteiger partial charge in [-0.3, -0.25) is 4.98 Å². The molecule has 4 heteroatoms. The van der Waals surface area contributed by atoms with E-state index in [4.69, 9.17) is 4.74 Å². The summed E-state index contributed by atoms with van der Waals surface area (Å²) in [5.41, 5.74) is 3.16. The molecule has 1 N–H and O–H groups in total. The number of carbonyl (C=O) groups is 1. The number of aromatic nitrogens is 1. The van der Waals surface area contributed by atoms with Crippen molar-refractivity contribution >= 4 is 17.1 Å². The molecule has 0 saturated carbocycles. The molecule has 1 aliphatic heterocycles. The van der Waals surface area contributed by atoms with Crippen LogP contribution in [-0.2, 0) is 15.3 Å². The highest BCUT2D eigenvalue weighted by Crippen LogP contribution is 2.47. The smallest absolute Gasteiger partial charge is 0.342 e. The number of rotatable bonds is 3. The third-order valence-corrected chi connectivity index (χ3v) is 4.41. The van der Waals surface area contributed by atoms with Crippen molar-refractivity contribution in [3.05, 3.63) is 101 Å². The number of pyridine rings is 1. The van der Waals surface area contributed by atoms with Gasteiger partial charge in [0.2, 0.25) is 0 Å². The van der Waals surface area contributed by atoms with Gasteiger partial charge in [0, 0.05) is 11.3 Å². The summed E-state index contributed by atoms with van der Waals surface area (Å²) in [6.45, 7) is 1.87. The molecule has 2 aromatic carbocycles. The van der Waals surface area contributed by atoms with Gasteiger partial charge in [-0.2, -0.15) is 0 Å². The molecule has 26 heavy (non-hydrogen) atoms. The molecule has 0 saturated heterocycles. The Morgan fingerprint density at radius 2 is 1.54 bits per heavy atom. The van der Waals surface area contributed by atoms with Crippen LogP contribution in [0.1, 0.15) is 22.5 Å². The minimum absolute atomic E-state index is 0.329. The van der Waals surface area contributed by atoms with Gasteiger partial charge < -0.3 is 9.84 Å². The van der Waals surface area contributed by atoms with Crippen LogP contribution in [0.5, 0.6) is 0 Å². The number of esters is 1. The second kappa shape index (κ2) is 6.24. The number of cyclic esters (lactones) is 1. The zero-order chi connectivity index (χ0) is 18.1. The van der Waals surface area contributed by atoms with Crippen molar-refractivity contribution in [3.8, 4) is 0 Å². The van der Waals surface area contributed by atoms with Crippen LogP contribution in [-0.4, -0.2) is 16.1 Å². The van der Waals surface area contributed by atoms with Crippen LogP contribution in [0.15, 0.2) is 78.9 Å². The Bertz CT molecular complexity index is 996. The minimum atomic E-state index is -1.88. The van der Waals surface area contributed by atoms with Crippen LogP contribution >= 0.6 is 0 Å². The Balaban J connectivity index is 2.03. The summed E-state index contributed by atoms with van der Waals surface area (Å²) < 4.78 is 5.51. The molecule has 2 heterocycles. The lowest BCUT2D eigenvalue weighted by molar-refractivity contribution is -0.178. The van der Waals surface area contributed by atoms with Gasteiger partial charge in [-0.15, -0.1) is 0 Å². The largest absolute Gasteiger partial charge is 0.420 e. The SMILES string of the molecule is Cc1cccc(C2=C(c3ccccc3)C(=O)OC2(O)c2ccccc2)n1. The molecule has 128 valence electrons. The normalized spacial score (nSPS) is 19.5. The maximum atomic E-state index is 12.8. The molecule has 0 fully saturated rings. The average Bonchev–Trinajstić information content (AvgIpc) is 2.95. The first-order chi connectivity index (χ1) is 12.6. The number of hydrogen-bond donors (Lipinski definition) is 1. The van der Waals surface area contributed by atoms with Gasteiger partial charge in [-0.05, 0) is 24.6 Å². The van der Waals surface area contributed by atoms with Gasteiger partial charge in [0.25, 0.3) is 5.79 Å². The maximum Gasteiger partial charge on any atom is 0.342 e. The first-order valence-corrected chi connectivity index (χ1v) is 8.35. The van der Waals surface area contributed by atoms with Crippen molar-refractivity contribution in [1.82, 2.24) is 4.98 Å². The predicted octanol–water partition coefficient (Wildman–Crippen LogP) is 3.70. The van der Waals surface area contributed by atoms with Crippen LogP contribution in [0.25, 0.3) is 11.1 Å². The highest BCUT2D eigenvalue weighted by atomic mass is 16.7. The van der Waals surface area contributed by atoms with Gasteiger partial charge in [-0.25, -0.2) is 4.79 Å². The standard InChI is InChI=1S/C22H17NO3/c1-15-9-8-14-18(23-15)20-19(16-10-4-2-5-11-16)21(24)26-22(20,25)17-12-6-3-7-13-17/h2-14,25H,1H3. The monoisotopic (exact) mass is 343 g/mol. The molecular weight excluding hydrogens is 326 g/mol. The lowest BCUT2D eigenvalue weighted by Gasteiger charge is -2.25. The van der Waals surface area contributed by atoms with Crippen LogP contribution in [0.3, 0.4) is 0 Å². The Kier molecular flexibility index (Phi) is 3.90. The third kappa shape index (κ3) is 2.61. The molecule has 3 aromatic rings. The van der Waals surface area contributed by atoms with E-state index in [0.29, 0.717) is 28.0 Å². The Hall–Kier alpha value is -3.24. The molecule has 1 atom stereocenters. The van der Waals surface area contributed by atoms with Gasteiger partial charge in [0.1, 0.15) is 0 Å². The summed E-state index contributed by atoms with van der Waals surface area (Å²) in [7, 11) is 0. The van der Waals surface area contributed by atoms with Gasteiger partial charge >= 0.3 is 5.97 Å². The Morgan fingerprint density at radius 3 is 2.19 bits per heavy atom. The molecule has 0 amide bonds. The summed E-state index contributed by atoms with van der Waals surface area (Å²) >= 11 is 0. The highest BCUT2D eigenvalue weighted by molar-refractivity contribution is 6.28. The van der Waals surface area contributed by atoms with E-state index in [0.717, 1.165) is 5.69 Å². The molecule has 1 aromatic heterocycles. The number of aliphatic hydroxyl groups is 1. The lowest BCUT2D eigenvalue weighted by Crippen LogP contribution is -2.28. The fraction of sp³-hybridized carbons (Fsp3) is 0.0909. The first-order valence-electron chi connectivity index (χ1n) is 8.35. The second-order valence-corrected chi connectivity index (χ2v) is 6.18. The summed E-state index contributed by atoms with van der Waals surface area (Å²) in [4.78, 5) is 17.3. The number of hydrogen-bond acceptors (Lipinski definition) is 4. The first kappa shape index (κ1) is 16.2. The predicted molar refractivity (Wildman–Crippen MR) is 98.7 cm³/mol. The number of carbonyl (C=O) groups excluding carboxylic acids is 1. The summed E-state index contributed by atoms with van der Waals surface area (Å²) in [6.07, 6.45) is 0. The van der Waals surface area contributed by atoms with E-state index in [1.807, 2.05) is 55.5 Å². The van der Waals surface area contributed by atoms with Crippen LogP contribution < -0.4 is 0 Å². The molecule has 4 rings (SSSR count). The molecule has 1 aliphatic rings. The van der Waals surface area contributed by atoms with E-state index >= 15 is 0 Å². The van der Waals surface area contributed by atoms with Gasteiger partial charge in [0.05, 0.1) is 16.8 Å². The summed E-state index contributed by atoms with van der Waals surface area (Å²) in [6, 6.07) is 23.6. The molecule has 1 unspecified atom stereocenters. The third-order valence-electron chi connectivity index (χ3n) is 4.41. The number of aryl methyl sites for hydroxylation is 1. The second-order valence-electron chi connectivity index (χ2n) is 6.18. The number of benzene rings is 2. The van der Waals surface area contributed by atoms with Crippen LogP contribution in [0.2, 0.25) is 0 Å². The Labute approximate surface area is 151 Å². The summed E-state index contributed by atoms with van der Waals surface area (Å²) in [5.74, 6) is -2.45. The molecular formula is C22H17NO3.